The van der Waals surface area contributed by atoms with Crippen LogP contribution in [0.1, 0.15) is 62.5 Å². The van der Waals surface area contributed by atoms with Crippen molar-refractivity contribution in [2.45, 2.75) is 62.2 Å². The first-order chi connectivity index (χ1) is 19.0. The van der Waals surface area contributed by atoms with Crippen molar-refractivity contribution in [3.8, 4) is 0 Å². The van der Waals surface area contributed by atoms with Crippen molar-refractivity contribution in [1.82, 2.24) is 9.80 Å². The molecule has 2 unspecified atom stereocenters. The Morgan fingerprint density at radius 1 is 0.625 bits per heavy atom. The maximum atomic E-state index is 9.85. The zero-order valence-corrected chi connectivity index (χ0v) is 27.4. The van der Waals surface area contributed by atoms with Crippen LogP contribution in [0, 0.1) is 11.8 Å². The standard InChI is InChI=1S/2C16H23Cl2NO/c2*1-19(2)11-16(8-4-3-5-13(16)10-20)12-6-7-14(17)15(18)9-12/h2*6-7,9,13,20H,3-5,8,10-11H2,1-2H3/t2*13-,16?/m10/s1. The van der Waals surface area contributed by atoms with E-state index in [1.807, 2.05) is 24.3 Å². The molecular weight excluding hydrogens is 586 g/mol. The second-order valence-electron chi connectivity index (χ2n) is 12.3. The van der Waals surface area contributed by atoms with Gasteiger partial charge in [-0.15, -0.1) is 0 Å². The molecule has 8 heteroatoms. The van der Waals surface area contributed by atoms with Gasteiger partial charge in [0, 0.05) is 37.1 Å². The Bertz CT molecular complexity index is 1010. The van der Waals surface area contributed by atoms with E-state index in [-0.39, 0.29) is 35.9 Å². The monoisotopic (exact) mass is 630 g/mol. The molecule has 0 bridgehead atoms. The molecule has 0 aromatic heterocycles. The Hall–Kier alpha value is -0.560. The molecule has 4 nitrogen and oxygen atoms in total. The molecule has 0 amide bonds. The molecule has 0 radical (unpaired) electrons. The number of likely N-dealkylation sites (N-methyl/N-ethyl adjacent to an activating group) is 2. The van der Waals surface area contributed by atoms with Gasteiger partial charge in [0.15, 0.2) is 0 Å². The van der Waals surface area contributed by atoms with Crippen molar-refractivity contribution < 1.29 is 10.2 Å². The molecule has 2 aliphatic carbocycles. The predicted octanol–water partition coefficient (Wildman–Crippen LogP) is 7.95. The number of hydrogen-bond donors (Lipinski definition) is 2. The number of hydrogen-bond acceptors (Lipinski definition) is 4. The summed E-state index contributed by atoms with van der Waals surface area (Å²) in [5.41, 5.74) is 2.37. The number of aliphatic hydroxyl groups excluding tert-OH is 2. The lowest BCUT2D eigenvalue weighted by molar-refractivity contribution is 0.0821. The lowest BCUT2D eigenvalue weighted by atomic mass is 9.62. The van der Waals surface area contributed by atoms with E-state index in [0.717, 1.165) is 38.8 Å². The topological polar surface area (TPSA) is 46.9 Å². The summed E-state index contributed by atoms with van der Waals surface area (Å²) in [4.78, 5) is 4.41. The smallest absolute Gasteiger partial charge is 0.0595 e. The van der Waals surface area contributed by atoms with Gasteiger partial charge in [0.05, 0.1) is 20.1 Å². The second-order valence-corrected chi connectivity index (χ2v) is 13.9. The molecule has 0 heterocycles. The summed E-state index contributed by atoms with van der Waals surface area (Å²) in [6.45, 7) is 2.31. The van der Waals surface area contributed by atoms with Crippen LogP contribution >= 0.6 is 46.4 Å². The Morgan fingerprint density at radius 3 is 1.30 bits per heavy atom. The van der Waals surface area contributed by atoms with Crippen LogP contribution in [-0.2, 0) is 10.8 Å². The summed E-state index contributed by atoms with van der Waals surface area (Å²) in [5.74, 6) is 0.576. The minimum Gasteiger partial charge on any atom is -0.396 e. The zero-order chi connectivity index (χ0) is 29.5. The first-order valence-corrected chi connectivity index (χ1v) is 15.9. The Labute approximate surface area is 261 Å². The fourth-order valence-corrected chi connectivity index (χ4v) is 7.85. The minimum atomic E-state index is -0.0231. The summed E-state index contributed by atoms with van der Waals surface area (Å²) in [6, 6.07) is 11.9. The normalized spacial score (nSPS) is 27.0. The van der Waals surface area contributed by atoms with Crippen LogP contribution in [0.15, 0.2) is 36.4 Å². The molecule has 0 aliphatic heterocycles. The predicted molar refractivity (Wildman–Crippen MR) is 171 cm³/mol. The highest BCUT2D eigenvalue weighted by Gasteiger charge is 2.43. The van der Waals surface area contributed by atoms with E-state index in [0.29, 0.717) is 20.1 Å². The Kier molecular flexibility index (Phi) is 12.9. The van der Waals surface area contributed by atoms with E-state index in [2.05, 4.69) is 50.1 Å². The number of benzene rings is 2. The lowest BCUT2D eigenvalue weighted by Gasteiger charge is -2.46. The van der Waals surface area contributed by atoms with Gasteiger partial charge in [-0.05, 0) is 101 Å². The van der Waals surface area contributed by atoms with Crippen molar-refractivity contribution in [2.24, 2.45) is 11.8 Å². The van der Waals surface area contributed by atoms with Gasteiger partial charge in [0.2, 0.25) is 0 Å². The fraction of sp³-hybridized carbons (Fsp3) is 0.625. The van der Waals surface area contributed by atoms with Crippen molar-refractivity contribution in [3.05, 3.63) is 67.6 Å². The highest BCUT2D eigenvalue weighted by molar-refractivity contribution is 6.42. The zero-order valence-electron chi connectivity index (χ0n) is 24.4. The van der Waals surface area contributed by atoms with E-state index in [1.165, 1.54) is 36.8 Å². The van der Waals surface area contributed by atoms with Crippen molar-refractivity contribution in [1.29, 1.82) is 0 Å². The van der Waals surface area contributed by atoms with E-state index < -0.39 is 0 Å². The van der Waals surface area contributed by atoms with E-state index in [1.54, 1.807) is 0 Å². The SMILES string of the molecule is CN(C)CC1(c2ccc(Cl)c(Cl)c2)CCCC[C@@H]1CO.CN(C)CC1(c2ccc(Cl)c(Cl)c2)CCCC[C@H]1CO. The lowest BCUT2D eigenvalue weighted by Crippen LogP contribution is -2.47. The van der Waals surface area contributed by atoms with E-state index >= 15 is 0 Å². The third kappa shape index (κ3) is 7.88. The first-order valence-electron chi connectivity index (χ1n) is 14.4. The Balaban J connectivity index is 0.000000220. The largest absolute Gasteiger partial charge is 0.396 e. The van der Waals surface area contributed by atoms with Crippen LogP contribution in [0.3, 0.4) is 0 Å². The molecule has 4 rings (SSSR count). The highest BCUT2D eigenvalue weighted by Crippen LogP contribution is 2.46. The van der Waals surface area contributed by atoms with Gasteiger partial charge >= 0.3 is 0 Å². The maximum absolute atomic E-state index is 9.85. The molecular formula is C32H46Cl4N2O2. The molecule has 2 aromatic carbocycles. The number of nitrogens with zero attached hydrogens (tertiary/aromatic N) is 2. The van der Waals surface area contributed by atoms with Gasteiger partial charge in [-0.2, -0.15) is 0 Å². The summed E-state index contributed by atoms with van der Waals surface area (Å²) >= 11 is 24.5. The molecule has 2 saturated carbocycles. The Morgan fingerprint density at radius 2 is 1.00 bits per heavy atom. The van der Waals surface area contributed by atoms with Gasteiger partial charge in [0.25, 0.3) is 0 Å². The van der Waals surface area contributed by atoms with Gasteiger partial charge in [-0.25, -0.2) is 0 Å². The third-order valence-electron chi connectivity index (χ3n) is 9.04. The van der Waals surface area contributed by atoms with Gasteiger partial charge in [-0.1, -0.05) is 84.2 Å². The van der Waals surface area contributed by atoms with Gasteiger partial charge < -0.3 is 20.0 Å². The summed E-state index contributed by atoms with van der Waals surface area (Å²) in [7, 11) is 8.34. The van der Waals surface area contributed by atoms with Gasteiger partial charge in [-0.3, -0.25) is 0 Å². The van der Waals surface area contributed by atoms with E-state index in [9.17, 15) is 10.2 Å². The molecule has 4 atom stereocenters. The van der Waals surface area contributed by atoms with Crippen LogP contribution in [0.5, 0.6) is 0 Å². The third-order valence-corrected chi connectivity index (χ3v) is 10.5. The molecule has 0 spiro atoms. The summed E-state index contributed by atoms with van der Waals surface area (Å²) in [5, 5.41) is 22.1. The molecule has 0 saturated heterocycles. The van der Waals surface area contributed by atoms with Crippen molar-refractivity contribution in [3.63, 3.8) is 0 Å². The maximum Gasteiger partial charge on any atom is 0.0595 e. The number of aliphatic hydroxyl groups is 2. The van der Waals surface area contributed by atoms with E-state index in [4.69, 9.17) is 46.4 Å². The molecule has 2 fully saturated rings. The van der Waals surface area contributed by atoms with Crippen molar-refractivity contribution in [2.75, 3.05) is 54.5 Å². The van der Waals surface area contributed by atoms with Crippen LogP contribution in [-0.4, -0.2) is 74.5 Å². The molecule has 40 heavy (non-hydrogen) atoms. The number of rotatable bonds is 8. The summed E-state index contributed by atoms with van der Waals surface area (Å²) in [6.07, 6.45) is 9.12. The van der Waals surface area contributed by atoms with Crippen LogP contribution in [0.4, 0.5) is 0 Å². The first kappa shape index (κ1) is 33.9. The highest BCUT2D eigenvalue weighted by atomic mass is 35.5. The minimum absolute atomic E-state index is 0.0231. The molecule has 224 valence electrons. The molecule has 2 N–H and O–H groups in total. The van der Waals surface area contributed by atoms with Crippen LogP contribution < -0.4 is 0 Å². The van der Waals surface area contributed by atoms with Gasteiger partial charge in [0.1, 0.15) is 0 Å². The second kappa shape index (κ2) is 15.3. The fourth-order valence-electron chi connectivity index (χ4n) is 7.25. The number of halogens is 4. The molecule has 2 aliphatic rings. The average molecular weight is 633 g/mol. The van der Waals surface area contributed by atoms with Crippen LogP contribution in [0.25, 0.3) is 0 Å². The van der Waals surface area contributed by atoms with Crippen molar-refractivity contribution >= 4 is 46.4 Å². The molecule has 2 aromatic rings. The summed E-state index contributed by atoms with van der Waals surface area (Å²) < 4.78 is 0. The van der Waals surface area contributed by atoms with Crippen LogP contribution in [0.2, 0.25) is 20.1 Å². The quantitative estimate of drug-likeness (QED) is 0.310. The average Bonchev–Trinajstić information content (AvgIpc) is 2.91.